The van der Waals surface area contributed by atoms with Gasteiger partial charge in [-0.2, -0.15) is 5.10 Å². The molecule has 1 aromatic rings. The number of anilines is 1. The second-order valence-electron chi connectivity index (χ2n) is 4.00. The molecule has 104 valence electrons. The van der Waals surface area contributed by atoms with Crippen molar-refractivity contribution in [3.05, 3.63) is 24.5 Å². The van der Waals surface area contributed by atoms with Crippen molar-refractivity contribution in [1.82, 2.24) is 9.99 Å². The highest BCUT2D eigenvalue weighted by molar-refractivity contribution is 6.47. The molecular weight excluding hydrogens is 264 g/mol. The number of rotatable bonds is 3. The lowest BCUT2D eigenvalue weighted by Gasteiger charge is -2.11. The second-order valence-corrected chi connectivity index (χ2v) is 4.00. The van der Waals surface area contributed by atoms with Crippen LogP contribution in [0.25, 0.3) is 0 Å². The molecule has 0 bridgehead atoms. The number of nitrogens with zero attached hydrogens (tertiary/aromatic N) is 3. The minimum atomic E-state index is -1.31. The highest BCUT2D eigenvalue weighted by atomic mass is 16.5. The summed E-state index contributed by atoms with van der Waals surface area (Å²) in [6, 6.07) is 3.25. The van der Waals surface area contributed by atoms with Gasteiger partial charge in [0.2, 0.25) is 5.91 Å². The van der Waals surface area contributed by atoms with Crippen LogP contribution in [0, 0.1) is 5.92 Å². The largest absolute Gasteiger partial charge is 0.464 e. The molecule has 2 heterocycles. The maximum atomic E-state index is 12.1. The molecule has 2 amide bonds. The first-order chi connectivity index (χ1) is 9.54. The van der Waals surface area contributed by atoms with Gasteiger partial charge in [0.25, 0.3) is 5.91 Å². The second kappa shape index (κ2) is 5.47. The lowest BCUT2D eigenvalue weighted by Crippen LogP contribution is -2.38. The average Bonchev–Trinajstić information content (AvgIpc) is 2.75. The van der Waals surface area contributed by atoms with Crippen LogP contribution in [0.5, 0.6) is 0 Å². The topological polar surface area (TPSA) is 101 Å². The van der Waals surface area contributed by atoms with Crippen LogP contribution in [-0.2, 0) is 19.1 Å². The first-order valence-electron chi connectivity index (χ1n) is 5.70. The van der Waals surface area contributed by atoms with Gasteiger partial charge in [0.05, 0.1) is 19.0 Å². The summed E-state index contributed by atoms with van der Waals surface area (Å²) in [5.41, 5.74) is 0.186. The van der Waals surface area contributed by atoms with E-state index in [9.17, 15) is 14.4 Å². The minimum Gasteiger partial charge on any atom is -0.464 e. The molecule has 1 unspecified atom stereocenters. The standard InChI is InChI=1S/C12H12N4O4/c1-16-11(18)8(9(15-16)12(19)20-2)10(17)14-7-4-3-5-13-6-7/h3-6,8H,1-2H3,(H,14,17). The Morgan fingerprint density at radius 1 is 1.45 bits per heavy atom. The van der Waals surface area contributed by atoms with Gasteiger partial charge in [-0.1, -0.05) is 0 Å². The molecular formula is C12H12N4O4. The lowest BCUT2D eigenvalue weighted by atomic mass is 10.0. The fourth-order valence-electron chi connectivity index (χ4n) is 1.72. The zero-order chi connectivity index (χ0) is 14.7. The van der Waals surface area contributed by atoms with Crippen molar-refractivity contribution in [1.29, 1.82) is 0 Å². The van der Waals surface area contributed by atoms with Crippen LogP contribution in [0.4, 0.5) is 5.69 Å². The summed E-state index contributed by atoms with van der Waals surface area (Å²) in [6.07, 6.45) is 2.97. The number of ether oxygens (including phenoxy) is 1. The van der Waals surface area contributed by atoms with E-state index in [4.69, 9.17) is 0 Å². The molecule has 0 spiro atoms. The maximum Gasteiger partial charge on any atom is 0.355 e. The van der Waals surface area contributed by atoms with Gasteiger partial charge in [0.15, 0.2) is 11.6 Å². The van der Waals surface area contributed by atoms with Crippen LogP contribution in [0.1, 0.15) is 0 Å². The SMILES string of the molecule is COC(=O)C1=NN(C)C(=O)C1C(=O)Nc1cccnc1. The zero-order valence-corrected chi connectivity index (χ0v) is 10.9. The van der Waals surface area contributed by atoms with Crippen molar-refractivity contribution in [2.75, 3.05) is 19.5 Å². The molecule has 0 fully saturated rings. The van der Waals surface area contributed by atoms with Crippen molar-refractivity contribution in [3.63, 3.8) is 0 Å². The first-order valence-corrected chi connectivity index (χ1v) is 5.70. The van der Waals surface area contributed by atoms with Crippen molar-refractivity contribution in [2.45, 2.75) is 0 Å². The summed E-state index contributed by atoms with van der Waals surface area (Å²) in [5, 5.41) is 7.18. The monoisotopic (exact) mass is 276 g/mol. The molecule has 0 saturated heterocycles. The molecule has 1 aromatic heterocycles. The van der Waals surface area contributed by atoms with Crippen LogP contribution in [0.15, 0.2) is 29.6 Å². The van der Waals surface area contributed by atoms with E-state index >= 15 is 0 Å². The van der Waals surface area contributed by atoms with Crippen molar-refractivity contribution in [2.24, 2.45) is 11.0 Å². The third kappa shape index (κ3) is 2.48. The summed E-state index contributed by atoms with van der Waals surface area (Å²) < 4.78 is 4.52. The predicted octanol–water partition coefficient (Wildman–Crippen LogP) is -0.363. The van der Waals surface area contributed by atoms with Gasteiger partial charge in [-0.15, -0.1) is 0 Å². The molecule has 1 aliphatic rings. The number of methoxy groups -OCH3 is 1. The van der Waals surface area contributed by atoms with Crippen LogP contribution in [-0.4, -0.2) is 47.6 Å². The highest BCUT2D eigenvalue weighted by Crippen LogP contribution is 2.17. The lowest BCUT2D eigenvalue weighted by molar-refractivity contribution is -0.137. The number of amides is 2. The number of hydrogen-bond donors (Lipinski definition) is 1. The van der Waals surface area contributed by atoms with E-state index in [2.05, 4.69) is 20.1 Å². The molecule has 20 heavy (non-hydrogen) atoms. The van der Waals surface area contributed by atoms with E-state index in [1.807, 2.05) is 0 Å². The Balaban J connectivity index is 2.21. The normalized spacial score (nSPS) is 17.7. The van der Waals surface area contributed by atoms with Crippen LogP contribution < -0.4 is 5.32 Å². The van der Waals surface area contributed by atoms with Gasteiger partial charge in [-0.05, 0) is 12.1 Å². The van der Waals surface area contributed by atoms with E-state index in [1.54, 1.807) is 18.3 Å². The van der Waals surface area contributed by atoms with Gasteiger partial charge < -0.3 is 10.1 Å². The Labute approximate surface area is 114 Å². The number of nitrogens with one attached hydrogen (secondary N) is 1. The summed E-state index contributed by atoms with van der Waals surface area (Å²) in [7, 11) is 2.52. The third-order valence-corrected chi connectivity index (χ3v) is 2.68. The molecule has 0 aromatic carbocycles. The number of aromatic nitrogens is 1. The van der Waals surface area contributed by atoms with Gasteiger partial charge in [-0.25, -0.2) is 9.80 Å². The van der Waals surface area contributed by atoms with Gasteiger partial charge in [0.1, 0.15) is 0 Å². The van der Waals surface area contributed by atoms with E-state index < -0.39 is 23.7 Å². The van der Waals surface area contributed by atoms with E-state index in [0.717, 1.165) is 12.1 Å². The molecule has 1 N–H and O–H groups in total. The molecule has 0 radical (unpaired) electrons. The number of hydrazone groups is 1. The van der Waals surface area contributed by atoms with Crippen molar-refractivity contribution in [3.8, 4) is 0 Å². The average molecular weight is 276 g/mol. The molecule has 8 heteroatoms. The Morgan fingerprint density at radius 2 is 2.20 bits per heavy atom. The van der Waals surface area contributed by atoms with Crippen LogP contribution in [0.3, 0.4) is 0 Å². The molecule has 0 aliphatic carbocycles. The fraction of sp³-hybridized carbons (Fsp3) is 0.250. The van der Waals surface area contributed by atoms with E-state index in [1.165, 1.54) is 13.2 Å². The summed E-state index contributed by atoms with van der Waals surface area (Å²) in [4.78, 5) is 39.4. The zero-order valence-electron chi connectivity index (χ0n) is 10.9. The Morgan fingerprint density at radius 3 is 2.80 bits per heavy atom. The number of esters is 1. The van der Waals surface area contributed by atoms with Crippen molar-refractivity contribution < 1.29 is 19.1 Å². The minimum absolute atomic E-state index is 0.235. The molecule has 1 atom stereocenters. The fourth-order valence-corrected chi connectivity index (χ4v) is 1.72. The Kier molecular flexibility index (Phi) is 3.74. The summed E-state index contributed by atoms with van der Waals surface area (Å²) in [5.74, 6) is -3.37. The van der Waals surface area contributed by atoms with Crippen LogP contribution >= 0.6 is 0 Å². The number of hydrogen-bond acceptors (Lipinski definition) is 6. The van der Waals surface area contributed by atoms with E-state index in [-0.39, 0.29) is 5.71 Å². The molecule has 0 saturated carbocycles. The van der Waals surface area contributed by atoms with Gasteiger partial charge in [0, 0.05) is 13.2 Å². The molecule has 8 nitrogen and oxygen atoms in total. The predicted molar refractivity (Wildman–Crippen MR) is 68.6 cm³/mol. The van der Waals surface area contributed by atoms with Gasteiger partial charge in [-0.3, -0.25) is 14.6 Å². The van der Waals surface area contributed by atoms with Crippen molar-refractivity contribution >= 4 is 29.2 Å². The Bertz CT molecular complexity index is 584. The quantitative estimate of drug-likeness (QED) is 0.600. The summed E-state index contributed by atoms with van der Waals surface area (Å²) >= 11 is 0. The number of carbonyl (C=O) groups is 3. The van der Waals surface area contributed by atoms with Gasteiger partial charge >= 0.3 is 5.97 Å². The van der Waals surface area contributed by atoms with E-state index in [0.29, 0.717) is 5.69 Å². The number of carbonyl (C=O) groups excluding carboxylic acids is 3. The molecule has 2 rings (SSSR count). The smallest absolute Gasteiger partial charge is 0.355 e. The summed E-state index contributed by atoms with van der Waals surface area (Å²) in [6.45, 7) is 0. The Hall–Kier alpha value is -2.77. The molecule has 1 aliphatic heterocycles. The third-order valence-electron chi connectivity index (χ3n) is 2.68. The maximum absolute atomic E-state index is 12.1. The highest BCUT2D eigenvalue weighted by Gasteiger charge is 2.43. The first kappa shape index (κ1) is 13.7. The van der Waals surface area contributed by atoms with Crippen LogP contribution in [0.2, 0.25) is 0 Å². The number of pyridine rings is 1.